The largest absolute Gasteiger partial charge is 0.335 e. The van der Waals surface area contributed by atoms with Crippen molar-refractivity contribution in [3.63, 3.8) is 0 Å². The fourth-order valence-electron chi connectivity index (χ4n) is 3.03. The summed E-state index contributed by atoms with van der Waals surface area (Å²) in [6.45, 7) is 1.83. The van der Waals surface area contributed by atoms with Crippen LogP contribution in [0.4, 0.5) is 0 Å². The van der Waals surface area contributed by atoms with Gasteiger partial charge in [-0.25, -0.2) is 9.97 Å². The molecule has 2 aromatic carbocycles. The molecule has 0 atom stereocenters. The third-order valence-corrected chi connectivity index (χ3v) is 4.34. The molecule has 0 aliphatic heterocycles. The van der Waals surface area contributed by atoms with E-state index in [-0.39, 0.29) is 0 Å². The zero-order valence-corrected chi connectivity index (χ0v) is 14.7. The van der Waals surface area contributed by atoms with Crippen molar-refractivity contribution in [1.29, 1.82) is 0 Å². The van der Waals surface area contributed by atoms with Crippen molar-refractivity contribution in [2.45, 2.75) is 6.92 Å². The van der Waals surface area contributed by atoms with Crippen molar-refractivity contribution in [3.05, 3.63) is 60.7 Å². The highest BCUT2D eigenvalue weighted by molar-refractivity contribution is 5.81. The number of aromatic nitrogens is 7. The van der Waals surface area contributed by atoms with Crippen molar-refractivity contribution in [1.82, 2.24) is 34.7 Å². The zero-order valence-electron chi connectivity index (χ0n) is 14.7. The van der Waals surface area contributed by atoms with E-state index < -0.39 is 0 Å². The summed E-state index contributed by atoms with van der Waals surface area (Å²) in [6, 6.07) is 15.4. The van der Waals surface area contributed by atoms with Gasteiger partial charge in [0.25, 0.3) is 5.88 Å². The second-order valence-corrected chi connectivity index (χ2v) is 6.24. The molecule has 8 nitrogen and oxygen atoms in total. The van der Waals surface area contributed by atoms with E-state index in [0.29, 0.717) is 11.7 Å². The molecule has 27 heavy (non-hydrogen) atoms. The summed E-state index contributed by atoms with van der Waals surface area (Å²) in [5.74, 6) is 1.00. The first-order valence-electron chi connectivity index (χ1n) is 8.43. The number of hydrogen-bond donors (Lipinski definition) is 0. The van der Waals surface area contributed by atoms with Crippen LogP contribution >= 0.6 is 0 Å². The SMILES string of the molecule is Cc1nc(On2nnc3ccccc32)cc(-c2ccc3c(c2)ncn3C)n1. The average molecular weight is 357 g/mol. The lowest BCUT2D eigenvalue weighted by Crippen LogP contribution is -2.09. The van der Waals surface area contributed by atoms with E-state index in [2.05, 4.69) is 25.3 Å². The van der Waals surface area contributed by atoms with Gasteiger partial charge in [-0.1, -0.05) is 23.0 Å². The van der Waals surface area contributed by atoms with Crippen molar-refractivity contribution in [3.8, 4) is 17.1 Å². The molecule has 0 N–H and O–H groups in total. The van der Waals surface area contributed by atoms with Gasteiger partial charge in [-0.2, -0.15) is 4.98 Å². The maximum absolute atomic E-state index is 5.84. The van der Waals surface area contributed by atoms with Crippen LogP contribution in [0.15, 0.2) is 54.9 Å². The molecule has 0 saturated heterocycles. The highest BCUT2D eigenvalue weighted by Gasteiger charge is 2.11. The fourth-order valence-corrected chi connectivity index (χ4v) is 3.03. The Morgan fingerprint density at radius 3 is 2.74 bits per heavy atom. The van der Waals surface area contributed by atoms with Crippen LogP contribution < -0.4 is 4.84 Å². The monoisotopic (exact) mass is 357 g/mol. The van der Waals surface area contributed by atoms with Crippen molar-refractivity contribution < 1.29 is 4.84 Å². The molecule has 5 rings (SSSR count). The van der Waals surface area contributed by atoms with Crippen LogP contribution in [0.3, 0.4) is 0 Å². The topological polar surface area (TPSA) is 83.5 Å². The lowest BCUT2D eigenvalue weighted by Gasteiger charge is -2.07. The fraction of sp³-hybridized carbons (Fsp3) is 0.105. The van der Waals surface area contributed by atoms with Crippen LogP contribution in [0.1, 0.15) is 5.82 Å². The summed E-state index contributed by atoms with van der Waals surface area (Å²) in [7, 11) is 1.97. The van der Waals surface area contributed by atoms with Crippen LogP contribution in [0, 0.1) is 6.92 Å². The molecule has 8 heteroatoms. The number of rotatable bonds is 3. The minimum Gasteiger partial charge on any atom is -0.335 e. The van der Waals surface area contributed by atoms with Gasteiger partial charge >= 0.3 is 0 Å². The standard InChI is InChI=1S/C19H15N7O/c1-12-21-15(13-7-8-17-16(9-13)20-11-25(17)2)10-19(22-12)27-26-18-6-4-3-5-14(18)23-24-26/h3-11H,1-2H3. The number of imidazole rings is 1. The van der Waals surface area contributed by atoms with E-state index in [1.54, 1.807) is 12.4 Å². The van der Waals surface area contributed by atoms with E-state index >= 15 is 0 Å². The summed E-state index contributed by atoms with van der Waals surface area (Å²) in [6.07, 6.45) is 1.80. The van der Waals surface area contributed by atoms with Crippen LogP contribution in [-0.2, 0) is 7.05 Å². The molecular formula is C19H15N7O. The van der Waals surface area contributed by atoms with Gasteiger partial charge in [0, 0.05) is 18.7 Å². The Labute approximate surface area is 154 Å². The number of fused-ring (bicyclic) bond motifs is 2. The molecule has 0 radical (unpaired) electrons. The molecule has 3 heterocycles. The average Bonchev–Trinajstić information content (AvgIpc) is 3.25. The van der Waals surface area contributed by atoms with Gasteiger partial charge in [0.2, 0.25) is 0 Å². The first-order valence-corrected chi connectivity index (χ1v) is 8.43. The van der Waals surface area contributed by atoms with Gasteiger partial charge in [-0.3, -0.25) is 0 Å². The lowest BCUT2D eigenvalue weighted by molar-refractivity contribution is 0.175. The molecule has 132 valence electrons. The van der Waals surface area contributed by atoms with E-state index in [9.17, 15) is 0 Å². The normalized spacial score (nSPS) is 11.3. The maximum atomic E-state index is 5.84. The van der Waals surface area contributed by atoms with E-state index in [1.807, 2.05) is 61.0 Å². The predicted molar refractivity (Wildman–Crippen MR) is 100 cm³/mol. The van der Waals surface area contributed by atoms with Crippen LogP contribution in [0.25, 0.3) is 33.3 Å². The quantitative estimate of drug-likeness (QED) is 0.494. The van der Waals surface area contributed by atoms with Crippen molar-refractivity contribution in [2.75, 3.05) is 0 Å². The van der Waals surface area contributed by atoms with Gasteiger partial charge in [0.15, 0.2) is 0 Å². The third kappa shape index (κ3) is 2.67. The predicted octanol–water partition coefficient (Wildman–Crippen LogP) is 2.93. The van der Waals surface area contributed by atoms with Gasteiger partial charge in [-0.15, -0.1) is 5.10 Å². The lowest BCUT2D eigenvalue weighted by atomic mass is 10.1. The molecule has 0 bridgehead atoms. The molecule has 0 spiro atoms. The third-order valence-electron chi connectivity index (χ3n) is 4.34. The molecule has 0 unspecified atom stereocenters. The first-order chi connectivity index (χ1) is 13.2. The molecule has 5 aromatic rings. The Morgan fingerprint density at radius 2 is 1.81 bits per heavy atom. The van der Waals surface area contributed by atoms with Crippen LogP contribution in [0.2, 0.25) is 0 Å². The summed E-state index contributed by atoms with van der Waals surface area (Å²) in [5.41, 5.74) is 5.20. The number of hydrogen-bond acceptors (Lipinski definition) is 6. The summed E-state index contributed by atoms with van der Waals surface area (Å²) in [4.78, 5) is 20.5. The molecule has 0 saturated carbocycles. The van der Waals surface area contributed by atoms with E-state index in [0.717, 1.165) is 33.3 Å². The van der Waals surface area contributed by atoms with Gasteiger partial charge in [0.1, 0.15) is 16.9 Å². The molecule has 0 amide bonds. The van der Waals surface area contributed by atoms with Crippen LogP contribution in [0.5, 0.6) is 5.88 Å². The summed E-state index contributed by atoms with van der Waals surface area (Å²) < 4.78 is 1.98. The highest BCUT2D eigenvalue weighted by atomic mass is 16.7. The summed E-state index contributed by atoms with van der Waals surface area (Å²) in [5, 5.41) is 8.13. The number of nitrogens with zero attached hydrogens (tertiary/aromatic N) is 7. The second-order valence-electron chi connectivity index (χ2n) is 6.24. The van der Waals surface area contributed by atoms with Gasteiger partial charge < -0.3 is 9.40 Å². The van der Waals surface area contributed by atoms with Gasteiger partial charge in [-0.05, 0) is 36.4 Å². The van der Waals surface area contributed by atoms with E-state index in [4.69, 9.17) is 4.84 Å². The Bertz CT molecular complexity index is 1290. The van der Waals surface area contributed by atoms with Crippen LogP contribution in [-0.4, -0.2) is 34.7 Å². The van der Waals surface area contributed by atoms with Gasteiger partial charge in [0.05, 0.1) is 23.1 Å². The first kappa shape index (κ1) is 15.4. The minimum atomic E-state index is 0.397. The molecule has 0 aliphatic rings. The minimum absolute atomic E-state index is 0.397. The number of para-hydroxylation sites is 1. The summed E-state index contributed by atoms with van der Waals surface area (Å²) >= 11 is 0. The number of aryl methyl sites for hydroxylation is 2. The van der Waals surface area contributed by atoms with Crippen molar-refractivity contribution >= 4 is 22.1 Å². The molecule has 3 aromatic heterocycles. The smallest absolute Gasteiger partial charge is 0.252 e. The Morgan fingerprint density at radius 1 is 0.926 bits per heavy atom. The molecular weight excluding hydrogens is 342 g/mol. The maximum Gasteiger partial charge on any atom is 0.252 e. The highest BCUT2D eigenvalue weighted by Crippen LogP contribution is 2.25. The molecule has 0 fully saturated rings. The van der Waals surface area contributed by atoms with Crippen molar-refractivity contribution in [2.24, 2.45) is 7.05 Å². The zero-order chi connectivity index (χ0) is 18.4. The Hall–Kier alpha value is -3.81. The second kappa shape index (κ2) is 5.87. The number of benzene rings is 2. The Kier molecular flexibility index (Phi) is 3.36. The Balaban J connectivity index is 1.55. The van der Waals surface area contributed by atoms with E-state index in [1.165, 1.54) is 4.85 Å². The molecule has 0 aliphatic carbocycles.